The molecular formula is C14H18N2O3S2. The third-order valence-corrected chi connectivity index (χ3v) is 4.95. The molecule has 2 rings (SSSR count). The van der Waals surface area contributed by atoms with Crippen molar-refractivity contribution in [2.45, 2.75) is 31.4 Å². The maximum absolute atomic E-state index is 11.1. The van der Waals surface area contributed by atoms with Crippen LogP contribution in [0.25, 0.3) is 10.7 Å². The van der Waals surface area contributed by atoms with Crippen molar-refractivity contribution in [1.82, 2.24) is 10.1 Å². The van der Waals surface area contributed by atoms with E-state index in [1.165, 1.54) is 7.11 Å². The Kier molecular flexibility index (Phi) is 6.25. The molecular weight excluding hydrogens is 308 g/mol. The monoisotopic (exact) mass is 326 g/mol. The summed E-state index contributed by atoms with van der Waals surface area (Å²) in [5.74, 6) is 2.12. The van der Waals surface area contributed by atoms with E-state index in [1.807, 2.05) is 24.4 Å². The molecule has 0 saturated heterocycles. The zero-order chi connectivity index (χ0) is 15.1. The predicted molar refractivity (Wildman–Crippen MR) is 84.5 cm³/mol. The van der Waals surface area contributed by atoms with Gasteiger partial charge in [0.25, 0.3) is 0 Å². The number of aromatic nitrogens is 2. The summed E-state index contributed by atoms with van der Waals surface area (Å²) in [6.45, 7) is 2.03. The zero-order valence-corrected chi connectivity index (χ0v) is 13.7. The average Bonchev–Trinajstić information content (AvgIpc) is 3.14. The van der Waals surface area contributed by atoms with Crippen molar-refractivity contribution in [1.29, 1.82) is 0 Å². The SMILES string of the molecule is COC(=O)CC(C)SCCCc1nc(-c2cccs2)no1. The minimum atomic E-state index is -0.160. The van der Waals surface area contributed by atoms with E-state index >= 15 is 0 Å². The van der Waals surface area contributed by atoms with E-state index in [0.717, 1.165) is 23.5 Å². The molecule has 1 unspecified atom stereocenters. The highest BCUT2D eigenvalue weighted by Gasteiger charge is 2.11. The van der Waals surface area contributed by atoms with E-state index < -0.39 is 0 Å². The van der Waals surface area contributed by atoms with Crippen molar-refractivity contribution in [2.75, 3.05) is 12.9 Å². The number of esters is 1. The third-order valence-electron chi connectivity index (χ3n) is 2.83. The van der Waals surface area contributed by atoms with E-state index in [-0.39, 0.29) is 11.2 Å². The standard InChI is InChI=1S/C14H18N2O3S2/c1-10(9-13(17)18-2)20-7-4-6-12-15-14(16-19-12)11-5-3-8-21-11/h3,5,8,10H,4,6-7,9H2,1-2H3. The second kappa shape index (κ2) is 8.19. The summed E-state index contributed by atoms with van der Waals surface area (Å²) in [6, 6.07) is 3.94. The van der Waals surface area contributed by atoms with Crippen molar-refractivity contribution >= 4 is 29.1 Å². The van der Waals surface area contributed by atoms with Gasteiger partial charge in [0.05, 0.1) is 18.4 Å². The first-order chi connectivity index (χ1) is 10.2. The van der Waals surface area contributed by atoms with Gasteiger partial charge in [-0.3, -0.25) is 4.79 Å². The highest BCUT2D eigenvalue weighted by atomic mass is 32.2. The number of carbonyl (C=O) groups excluding carboxylic acids is 1. The van der Waals surface area contributed by atoms with Gasteiger partial charge in [-0.05, 0) is 23.6 Å². The van der Waals surface area contributed by atoms with Gasteiger partial charge in [0.15, 0.2) is 0 Å². The van der Waals surface area contributed by atoms with Crippen LogP contribution in [-0.2, 0) is 16.0 Å². The molecule has 0 N–H and O–H groups in total. The fraction of sp³-hybridized carbons (Fsp3) is 0.500. The molecule has 114 valence electrons. The van der Waals surface area contributed by atoms with Crippen LogP contribution < -0.4 is 0 Å². The Labute approximate surface area is 132 Å². The molecule has 7 heteroatoms. The second-order valence-corrected chi connectivity index (χ2v) is 7.05. The minimum absolute atomic E-state index is 0.160. The van der Waals surface area contributed by atoms with Crippen LogP contribution in [0.4, 0.5) is 0 Å². The molecule has 21 heavy (non-hydrogen) atoms. The Bertz CT molecular complexity index is 554. The zero-order valence-electron chi connectivity index (χ0n) is 12.1. The van der Waals surface area contributed by atoms with Gasteiger partial charge < -0.3 is 9.26 Å². The number of methoxy groups -OCH3 is 1. The van der Waals surface area contributed by atoms with E-state index in [1.54, 1.807) is 23.1 Å². The Morgan fingerprint density at radius 1 is 1.57 bits per heavy atom. The minimum Gasteiger partial charge on any atom is -0.469 e. The number of carbonyl (C=O) groups is 1. The number of hydrogen-bond acceptors (Lipinski definition) is 7. The molecule has 0 saturated carbocycles. The van der Waals surface area contributed by atoms with Crippen LogP contribution in [0.5, 0.6) is 0 Å². The van der Waals surface area contributed by atoms with Crippen molar-refractivity contribution in [3.05, 3.63) is 23.4 Å². The summed E-state index contributed by atoms with van der Waals surface area (Å²) in [7, 11) is 1.42. The molecule has 0 radical (unpaired) electrons. The lowest BCUT2D eigenvalue weighted by molar-refractivity contribution is -0.140. The van der Waals surface area contributed by atoms with Crippen LogP contribution in [0, 0.1) is 0 Å². The predicted octanol–water partition coefficient (Wildman–Crippen LogP) is 3.42. The molecule has 2 heterocycles. The highest BCUT2D eigenvalue weighted by molar-refractivity contribution is 7.99. The molecule has 2 aromatic rings. The first-order valence-corrected chi connectivity index (χ1v) is 8.66. The van der Waals surface area contributed by atoms with Gasteiger partial charge in [-0.1, -0.05) is 18.1 Å². The number of ether oxygens (including phenoxy) is 1. The third kappa shape index (κ3) is 5.17. The van der Waals surface area contributed by atoms with Gasteiger partial charge in [0.1, 0.15) is 0 Å². The Morgan fingerprint density at radius 2 is 2.43 bits per heavy atom. The molecule has 0 aliphatic heterocycles. The van der Waals surface area contributed by atoms with Crippen molar-refractivity contribution < 1.29 is 14.1 Å². The number of aryl methyl sites for hydroxylation is 1. The lowest BCUT2D eigenvalue weighted by Crippen LogP contribution is -2.09. The topological polar surface area (TPSA) is 65.2 Å². The van der Waals surface area contributed by atoms with Crippen LogP contribution in [0.3, 0.4) is 0 Å². The van der Waals surface area contributed by atoms with E-state index in [9.17, 15) is 4.79 Å². The maximum Gasteiger partial charge on any atom is 0.306 e. The first-order valence-electron chi connectivity index (χ1n) is 6.74. The lowest BCUT2D eigenvalue weighted by Gasteiger charge is -2.08. The summed E-state index contributed by atoms with van der Waals surface area (Å²) in [5.41, 5.74) is 0. The molecule has 0 aliphatic rings. The summed E-state index contributed by atoms with van der Waals surface area (Å²) in [4.78, 5) is 16.5. The summed E-state index contributed by atoms with van der Waals surface area (Å²) in [5, 5.41) is 6.24. The molecule has 0 fully saturated rings. The smallest absolute Gasteiger partial charge is 0.306 e. The van der Waals surface area contributed by atoms with Crippen LogP contribution in [0.2, 0.25) is 0 Å². The first kappa shape index (κ1) is 16.0. The van der Waals surface area contributed by atoms with Gasteiger partial charge in [-0.25, -0.2) is 0 Å². The number of rotatable bonds is 8. The molecule has 0 aliphatic carbocycles. The molecule has 0 bridgehead atoms. The summed E-state index contributed by atoms with van der Waals surface area (Å²) in [6.07, 6.45) is 2.16. The van der Waals surface area contributed by atoms with E-state index in [2.05, 4.69) is 14.9 Å². The Morgan fingerprint density at radius 3 is 3.14 bits per heavy atom. The van der Waals surface area contributed by atoms with Crippen molar-refractivity contribution in [3.63, 3.8) is 0 Å². The molecule has 0 amide bonds. The largest absolute Gasteiger partial charge is 0.469 e. The number of hydrogen-bond donors (Lipinski definition) is 0. The maximum atomic E-state index is 11.1. The summed E-state index contributed by atoms with van der Waals surface area (Å²) >= 11 is 3.35. The quantitative estimate of drug-likeness (QED) is 0.547. The van der Waals surface area contributed by atoms with Gasteiger partial charge in [-0.15, -0.1) is 11.3 Å². The molecule has 5 nitrogen and oxygen atoms in total. The fourth-order valence-corrected chi connectivity index (χ4v) is 3.36. The number of nitrogens with zero attached hydrogens (tertiary/aromatic N) is 2. The molecule has 1 atom stereocenters. The van der Waals surface area contributed by atoms with Crippen LogP contribution >= 0.6 is 23.1 Å². The Balaban J connectivity index is 1.68. The average molecular weight is 326 g/mol. The highest BCUT2D eigenvalue weighted by Crippen LogP contribution is 2.22. The van der Waals surface area contributed by atoms with E-state index in [4.69, 9.17) is 4.52 Å². The fourth-order valence-electron chi connectivity index (χ4n) is 1.75. The van der Waals surface area contributed by atoms with Crippen molar-refractivity contribution in [3.8, 4) is 10.7 Å². The molecule has 2 aromatic heterocycles. The lowest BCUT2D eigenvalue weighted by atomic mass is 10.3. The summed E-state index contributed by atoms with van der Waals surface area (Å²) < 4.78 is 9.89. The van der Waals surface area contributed by atoms with Gasteiger partial charge in [0.2, 0.25) is 11.7 Å². The van der Waals surface area contributed by atoms with Gasteiger partial charge in [-0.2, -0.15) is 16.7 Å². The molecule has 0 spiro atoms. The van der Waals surface area contributed by atoms with Crippen molar-refractivity contribution in [2.24, 2.45) is 0 Å². The van der Waals surface area contributed by atoms with Gasteiger partial charge in [0, 0.05) is 11.7 Å². The number of thiophene rings is 1. The molecule has 0 aromatic carbocycles. The van der Waals surface area contributed by atoms with E-state index in [0.29, 0.717) is 18.1 Å². The van der Waals surface area contributed by atoms with Crippen LogP contribution in [-0.4, -0.2) is 34.2 Å². The number of thioether (sulfide) groups is 1. The Hall–Kier alpha value is -1.34. The van der Waals surface area contributed by atoms with Gasteiger partial charge >= 0.3 is 5.97 Å². The normalized spacial score (nSPS) is 12.3. The van der Waals surface area contributed by atoms with Crippen LogP contribution in [0.15, 0.2) is 22.0 Å². The van der Waals surface area contributed by atoms with Crippen LogP contribution in [0.1, 0.15) is 25.7 Å². The second-order valence-electron chi connectivity index (χ2n) is 4.55.